The minimum atomic E-state index is -3.39. The maximum Gasteiger partial charge on any atom is 0.251 e. The second-order valence-corrected chi connectivity index (χ2v) is 8.38. The number of amides is 1. The van der Waals surface area contributed by atoms with Crippen molar-refractivity contribution in [1.29, 1.82) is 0 Å². The molecule has 0 radical (unpaired) electrons. The summed E-state index contributed by atoms with van der Waals surface area (Å²) >= 11 is 0. The van der Waals surface area contributed by atoms with E-state index in [0.29, 0.717) is 24.4 Å². The van der Waals surface area contributed by atoms with E-state index in [1.165, 1.54) is 7.05 Å². The van der Waals surface area contributed by atoms with E-state index in [9.17, 15) is 13.2 Å². The summed E-state index contributed by atoms with van der Waals surface area (Å²) < 4.78 is 30.3. The molecular formula is C21H22N2O4S. The number of anilines is 1. The molecule has 0 atom stereocenters. The molecule has 28 heavy (non-hydrogen) atoms. The molecule has 0 spiro atoms. The smallest absolute Gasteiger partial charge is 0.251 e. The number of nitrogens with zero attached hydrogens (tertiary/aromatic N) is 1. The van der Waals surface area contributed by atoms with Gasteiger partial charge in [-0.25, -0.2) is 8.42 Å². The number of nitrogens with one attached hydrogen (secondary N) is 1. The molecule has 0 bridgehead atoms. The summed E-state index contributed by atoms with van der Waals surface area (Å²) in [7, 11) is -1.94. The van der Waals surface area contributed by atoms with Crippen molar-refractivity contribution < 1.29 is 17.9 Å². The van der Waals surface area contributed by atoms with Gasteiger partial charge in [-0.2, -0.15) is 0 Å². The van der Waals surface area contributed by atoms with Crippen molar-refractivity contribution in [2.45, 2.75) is 0 Å². The number of carbonyl (C=O) groups is 1. The maximum atomic E-state index is 12.4. The van der Waals surface area contributed by atoms with Crippen LogP contribution >= 0.6 is 0 Å². The van der Waals surface area contributed by atoms with E-state index < -0.39 is 10.0 Å². The van der Waals surface area contributed by atoms with Crippen molar-refractivity contribution in [3.05, 3.63) is 72.3 Å². The highest BCUT2D eigenvalue weighted by Crippen LogP contribution is 2.24. The molecule has 3 aromatic rings. The van der Waals surface area contributed by atoms with Crippen molar-refractivity contribution in [3.8, 4) is 5.75 Å². The Kier molecular flexibility index (Phi) is 5.84. The highest BCUT2D eigenvalue weighted by Gasteiger charge is 2.14. The van der Waals surface area contributed by atoms with Crippen LogP contribution in [0.5, 0.6) is 5.75 Å². The average molecular weight is 398 g/mol. The number of ether oxygens (including phenoxy) is 1. The Balaban J connectivity index is 1.59. The van der Waals surface area contributed by atoms with Gasteiger partial charge in [0.1, 0.15) is 12.4 Å². The standard InChI is InChI=1S/C21H22N2O4S/c1-23(28(2,25)26)18-10-5-9-17(15-18)21(24)22-13-14-27-20-12-6-8-16-7-3-4-11-19(16)20/h3-12,15H,13-14H2,1-2H3,(H,22,24). The molecule has 0 heterocycles. The van der Waals surface area contributed by atoms with Crippen LogP contribution in [0.15, 0.2) is 66.7 Å². The van der Waals surface area contributed by atoms with E-state index in [1.807, 2.05) is 42.5 Å². The Morgan fingerprint density at radius 2 is 1.75 bits per heavy atom. The Morgan fingerprint density at radius 3 is 2.54 bits per heavy atom. The first-order valence-electron chi connectivity index (χ1n) is 8.79. The normalized spacial score (nSPS) is 11.2. The molecule has 1 N–H and O–H groups in total. The Morgan fingerprint density at radius 1 is 1.04 bits per heavy atom. The molecule has 0 aliphatic carbocycles. The molecule has 1 amide bonds. The van der Waals surface area contributed by atoms with Gasteiger partial charge in [0.25, 0.3) is 5.91 Å². The van der Waals surface area contributed by atoms with Gasteiger partial charge in [-0.15, -0.1) is 0 Å². The highest BCUT2D eigenvalue weighted by molar-refractivity contribution is 7.92. The molecule has 3 rings (SSSR count). The third-order valence-corrected chi connectivity index (χ3v) is 5.57. The number of sulfonamides is 1. The van der Waals surface area contributed by atoms with Crippen molar-refractivity contribution in [1.82, 2.24) is 5.32 Å². The van der Waals surface area contributed by atoms with Crippen LogP contribution in [0.3, 0.4) is 0 Å². The quantitative estimate of drug-likeness (QED) is 0.621. The SMILES string of the molecule is CN(c1cccc(C(=O)NCCOc2cccc3ccccc23)c1)S(C)(=O)=O. The van der Waals surface area contributed by atoms with E-state index >= 15 is 0 Å². The number of fused-ring (bicyclic) bond motifs is 1. The van der Waals surface area contributed by atoms with Gasteiger partial charge in [-0.1, -0.05) is 42.5 Å². The Hall–Kier alpha value is -3.06. The van der Waals surface area contributed by atoms with Crippen molar-refractivity contribution >= 4 is 32.4 Å². The molecule has 0 saturated heterocycles. The van der Waals surface area contributed by atoms with Crippen LogP contribution in [0.2, 0.25) is 0 Å². The third-order valence-electron chi connectivity index (χ3n) is 4.36. The van der Waals surface area contributed by atoms with Gasteiger partial charge in [0.05, 0.1) is 18.5 Å². The van der Waals surface area contributed by atoms with E-state index in [1.54, 1.807) is 24.3 Å². The molecule has 3 aromatic carbocycles. The summed E-state index contributed by atoms with van der Waals surface area (Å²) in [5.41, 5.74) is 0.820. The molecular weight excluding hydrogens is 376 g/mol. The lowest BCUT2D eigenvalue weighted by molar-refractivity contribution is 0.0947. The molecule has 6 nitrogen and oxygen atoms in total. The Labute approximate surface area is 164 Å². The van der Waals surface area contributed by atoms with Gasteiger partial charge < -0.3 is 10.1 Å². The van der Waals surface area contributed by atoms with Gasteiger partial charge in [0.15, 0.2) is 0 Å². The topological polar surface area (TPSA) is 75.7 Å². The first-order valence-corrected chi connectivity index (χ1v) is 10.6. The zero-order valence-corrected chi connectivity index (χ0v) is 16.6. The summed E-state index contributed by atoms with van der Waals surface area (Å²) in [6.07, 6.45) is 1.12. The first-order chi connectivity index (χ1) is 13.4. The molecule has 0 aliphatic rings. The highest BCUT2D eigenvalue weighted by atomic mass is 32.2. The fourth-order valence-corrected chi connectivity index (χ4v) is 3.28. The second kappa shape index (κ2) is 8.31. The number of carbonyl (C=O) groups excluding carboxylic acids is 1. The lowest BCUT2D eigenvalue weighted by Crippen LogP contribution is -2.29. The van der Waals surface area contributed by atoms with Gasteiger partial charge in [0, 0.05) is 18.0 Å². The van der Waals surface area contributed by atoms with Crippen LogP contribution < -0.4 is 14.4 Å². The predicted molar refractivity (Wildman–Crippen MR) is 111 cm³/mol. The maximum absolute atomic E-state index is 12.4. The van der Waals surface area contributed by atoms with E-state index in [4.69, 9.17) is 4.74 Å². The van der Waals surface area contributed by atoms with Crippen LogP contribution in [0.1, 0.15) is 10.4 Å². The molecule has 0 aromatic heterocycles. The van der Waals surface area contributed by atoms with Crippen LogP contribution in [-0.4, -0.2) is 40.8 Å². The molecule has 0 aliphatic heterocycles. The fraction of sp³-hybridized carbons (Fsp3) is 0.190. The zero-order chi connectivity index (χ0) is 20.1. The van der Waals surface area contributed by atoms with Gasteiger partial charge in [-0.3, -0.25) is 9.10 Å². The summed E-state index contributed by atoms with van der Waals surface area (Å²) in [6, 6.07) is 20.3. The third kappa shape index (κ3) is 4.61. The van der Waals surface area contributed by atoms with Crippen LogP contribution in [-0.2, 0) is 10.0 Å². The van der Waals surface area contributed by atoms with E-state index in [2.05, 4.69) is 5.32 Å². The number of rotatable bonds is 7. The molecule has 0 saturated carbocycles. The number of benzene rings is 3. The van der Waals surface area contributed by atoms with Gasteiger partial charge in [-0.05, 0) is 29.7 Å². The molecule has 0 fully saturated rings. The van der Waals surface area contributed by atoms with Crippen LogP contribution in [0, 0.1) is 0 Å². The number of hydrogen-bond donors (Lipinski definition) is 1. The predicted octanol–water partition coefficient (Wildman–Crippen LogP) is 3.04. The lowest BCUT2D eigenvalue weighted by Gasteiger charge is -2.17. The zero-order valence-electron chi connectivity index (χ0n) is 15.8. The second-order valence-electron chi connectivity index (χ2n) is 6.36. The van der Waals surface area contributed by atoms with Gasteiger partial charge in [0.2, 0.25) is 10.0 Å². The minimum Gasteiger partial charge on any atom is -0.491 e. The van der Waals surface area contributed by atoms with Crippen molar-refractivity contribution in [3.63, 3.8) is 0 Å². The molecule has 7 heteroatoms. The lowest BCUT2D eigenvalue weighted by atomic mass is 10.1. The minimum absolute atomic E-state index is 0.287. The Bertz CT molecular complexity index is 1090. The van der Waals surface area contributed by atoms with Crippen molar-refractivity contribution in [2.24, 2.45) is 0 Å². The van der Waals surface area contributed by atoms with Crippen molar-refractivity contribution in [2.75, 3.05) is 30.8 Å². The van der Waals surface area contributed by atoms with E-state index in [-0.39, 0.29) is 5.91 Å². The summed E-state index contributed by atoms with van der Waals surface area (Å²) in [5.74, 6) is 0.481. The fourth-order valence-electron chi connectivity index (χ4n) is 2.78. The summed E-state index contributed by atoms with van der Waals surface area (Å²) in [5, 5.41) is 4.90. The molecule has 0 unspecified atom stereocenters. The monoisotopic (exact) mass is 398 g/mol. The van der Waals surface area contributed by atoms with Gasteiger partial charge >= 0.3 is 0 Å². The summed E-state index contributed by atoms with van der Waals surface area (Å²) in [4.78, 5) is 12.4. The summed E-state index contributed by atoms with van der Waals surface area (Å²) in [6.45, 7) is 0.650. The number of hydrogen-bond acceptors (Lipinski definition) is 4. The molecule has 146 valence electrons. The largest absolute Gasteiger partial charge is 0.491 e. The van der Waals surface area contributed by atoms with E-state index in [0.717, 1.165) is 27.1 Å². The average Bonchev–Trinajstić information content (AvgIpc) is 2.70. The van der Waals surface area contributed by atoms with Crippen LogP contribution in [0.4, 0.5) is 5.69 Å². The van der Waals surface area contributed by atoms with Crippen LogP contribution in [0.25, 0.3) is 10.8 Å². The first kappa shape index (κ1) is 19.7.